The Hall–Kier alpha value is -6.78. The standard InChI is InChI=1S/C65H52N4/c1-3-10-37(11-4-1)39-14-9-15-47(27-39)68-53-17-8-7-16-49(53)50-19-18-48(38-12-5-2-6-13-38)56(64(50)68)41-28-51-59-54(33-66-61-42-23-35-20-36(24-42)22-40(21-35)57(59)61)69-55-34-67-62-44-26-46-30-45-25-43(31-65(45,46)32-44)58(62)60(55)52(29-41)63(51)69/h1-19,27-29,33-36,40,42-46H,20-26,30-32H2. The number of para-hydroxylation sites is 1. The van der Waals surface area contributed by atoms with Crippen molar-refractivity contribution in [1.82, 2.24) is 18.9 Å². The van der Waals surface area contributed by atoms with Crippen LogP contribution in [0.1, 0.15) is 110 Å². The molecular formula is C65H52N4. The average molecular weight is 889 g/mol. The summed E-state index contributed by atoms with van der Waals surface area (Å²) in [7, 11) is 0. The molecule has 0 radical (unpaired) electrons. The van der Waals surface area contributed by atoms with Gasteiger partial charge in [-0.05, 0) is 174 Å². The van der Waals surface area contributed by atoms with Crippen LogP contribution in [-0.2, 0) is 0 Å². The first-order valence-corrected chi connectivity index (χ1v) is 26.5. The second kappa shape index (κ2) is 12.9. The van der Waals surface area contributed by atoms with E-state index in [1.165, 1.54) is 175 Å². The molecular weight excluding hydrogens is 837 g/mol. The van der Waals surface area contributed by atoms with E-state index in [4.69, 9.17) is 9.97 Å². The van der Waals surface area contributed by atoms with Crippen molar-refractivity contribution in [3.05, 3.63) is 168 Å². The van der Waals surface area contributed by atoms with Gasteiger partial charge in [0.25, 0.3) is 0 Å². The van der Waals surface area contributed by atoms with Crippen LogP contribution in [0.25, 0.3) is 99.0 Å². The summed E-state index contributed by atoms with van der Waals surface area (Å²) in [6.07, 6.45) is 18.2. The molecule has 4 heteroatoms. The Kier molecular flexibility index (Phi) is 6.94. The predicted octanol–water partition coefficient (Wildman–Crippen LogP) is 16.5. The highest BCUT2D eigenvalue weighted by Gasteiger charge is 2.66. The van der Waals surface area contributed by atoms with Crippen LogP contribution in [-0.4, -0.2) is 18.9 Å². The summed E-state index contributed by atoms with van der Waals surface area (Å²) in [5.74, 6) is 5.78. The highest BCUT2D eigenvalue weighted by atomic mass is 15.0. The first-order valence-electron chi connectivity index (χ1n) is 26.5. The summed E-state index contributed by atoms with van der Waals surface area (Å²) >= 11 is 0. The zero-order valence-corrected chi connectivity index (χ0v) is 38.8. The average Bonchev–Trinajstić information content (AvgIpc) is 4.13. The van der Waals surface area contributed by atoms with Gasteiger partial charge in [0.15, 0.2) is 0 Å². The number of rotatable bonds is 4. The van der Waals surface area contributed by atoms with Gasteiger partial charge in [-0.25, -0.2) is 0 Å². The van der Waals surface area contributed by atoms with Gasteiger partial charge in [-0.2, -0.15) is 0 Å². The number of nitrogens with zero attached hydrogens (tertiary/aromatic N) is 4. The largest absolute Gasteiger partial charge is 0.309 e. The molecule has 19 rings (SSSR count). The summed E-state index contributed by atoms with van der Waals surface area (Å²) < 4.78 is 5.27. The van der Waals surface area contributed by atoms with Gasteiger partial charge >= 0.3 is 0 Å². The normalized spacial score (nSPS) is 28.1. The number of benzene rings is 6. The Morgan fingerprint density at radius 2 is 1.07 bits per heavy atom. The molecule has 5 saturated carbocycles. The topological polar surface area (TPSA) is 35.1 Å². The van der Waals surface area contributed by atoms with Crippen LogP contribution in [0.4, 0.5) is 0 Å². The van der Waals surface area contributed by atoms with Crippen LogP contribution in [0.3, 0.4) is 0 Å². The SMILES string of the molecule is c1ccc(-c2cccc(-n3c4ccccc4c4ccc(-c5ccccc5)c(-c5cc6c7c8c(ncc7n7c9cnc%10c(c9c(c5)c67)C5CC6CC7CC%10CC76C5)C5CC6CC(C5)CC8C6)c43)c2)cc1. The highest BCUT2D eigenvalue weighted by molar-refractivity contribution is 6.27. The van der Waals surface area contributed by atoms with Gasteiger partial charge in [0.05, 0.1) is 40.0 Å². The molecule has 0 aliphatic heterocycles. The van der Waals surface area contributed by atoms with Gasteiger partial charge in [-0.15, -0.1) is 0 Å². The lowest BCUT2D eigenvalue weighted by Crippen LogP contribution is -2.41. The summed E-state index contributed by atoms with van der Waals surface area (Å²) in [5, 5.41) is 8.41. The Balaban J connectivity index is 1.01. The maximum Gasteiger partial charge on any atom is 0.0728 e. The molecule has 8 aliphatic rings. The maximum atomic E-state index is 5.66. The van der Waals surface area contributed by atoms with E-state index in [0.29, 0.717) is 29.1 Å². The van der Waals surface area contributed by atoms with E-state index in [-0.39, 0.29) is 0 Å². The van der Waals surface area contributed by atoms with Crippen LogP contribution in [0.15, 0.2) is 146 Å². The van der Waals surface area contributed by atoms with Crippen molar-refractivity contribution >= 4 is 59.9 Å². The molecule has 6 aromatic carbocycles. The van der Waals surface area contributed by atoms with Crippen molar-refractivity contribution in [1.29, 1.82) is 0 Å². The summed E-state index contributed by atoms with van der Waals surface area (Å²) in [5.41, 5.74) is 22.0. The molecule has 0 amide bonds. The van der Waals surface area contributed by atoms with Gasteiger partial charge in [0.2, 0.25) is 0 Å². The van der Waals surface area contributed by atoms with Gasteiger partial charge in [-0.1, -0.05) is 103 Å². The molecule has 0 saturated heterocycles. The number of fused-ring (bicyclic) bond motifs is 15. The molecule has 7 unspecified atom stereocenters. The molecule has 1 spiro atoms. The Morgan fingerprint density at radius 3 is 1.84 bits per heavy atom. The fraction of sp³-hybridized carbons (Fsp3) is 0.292. The number of pyridine rings is 2. The van der Waals surface area contributed by atoms with E-state index in [2.05, 4.69) is 155 Å². The fourth-order valence-electron chi connectivity index (χ4n) is 18.1. The maximum absolute atomic E-state index is 5.66. The molecule has 5 fully saturated rings. The zero-order chi connectivity index (χ0) is 44.4. The molecule has 8 aliphatic carbocycles. The van der Waals surface area contributed by atoms with E-state index in [1.807, 2.05) is 0 Å². The van der Waals surface area contributed by atoms with Crippen molar-refractivity contribution in [2.75, 3.05) is 0 Å². The summed E-state index contributed by atoms with van der Waals surface area (Å²) in [4.78, 5) is 11.3. The lowest BCUT2D eigenvalue weighted by molar-refractivity contribution is 0.00321. The molecule has 7 atom stereocenters. The monoisotopic (exact) mass is 888 g/mol. The molecule has 11 aromatic rings. The van der Waals surface area contributed by atoms with Gasteiger partial charge in [0.1, 0.15) is 0 Å². The van der Waals surface area contributed by atoms with Crippen LogP contribution in [0.2, 0.25) is 0 Å². The molecule has 4 nitrogen and oxygen atoms in total. The van der Waals surface area contributed by atoms with Crippen molar-refractivity contribution in [3.8, 4) is 39.1 Å². The minimum Gasteiger partial charge on any atom is -0.309 e. The van der Waals surface area contributed by atoms with Crippen LogP contribution >= 0.6 is 0 Å². The Bertz CT molecular complexity index is 4030. The zero-order valence-electron chi connectivity index (χ0n) is 38.8. The van der Waals surface area contributed by atoms with Gasteiger partial charge < -0.3 is 8.97 Å². The van der Waals surface area contributed by atoms with Gasteiger partial charge in [-0.3, -0.25) is 9.97 Å². The van der Waals surface area contributed by atoms with Crippen LogP contribution in [0, 0.1) is 29.1 Å². The lowest BCUT2D eigenvalue weighted by atomic mass is 9.56. The smallest absolute Gasteiger partial charge is 0.0728 e. The summed E-state index contributed by atoms with van der Waals surface area (Å²) in [6.45, 7) is 0. The molecule has 5 heterocycles. The predicted molar refractivity (Wildman–Crippen MR) is 281 cm³/mol. The second-order valence-corrected chi connectivity index (χ2v) is 23.3. The first kappa shape index (κ1) is 37.2. The van der Waals surface area contributed by atoms with Crippen molar-refractivity contribution in [3.63, 3.8) is 0 Å². The van der Waals surface area contributed by atoms with Crippen molar-refractivity contribution in [2.45, 2.75) is 87.9 Å². The van der Waals surface area contributed by atoms with E-state index in [1.54, 1.807) is 11.1 Å². The van der Waals surface area contributed by atoms with Gasteiger partial charge in [0, 0.05) is 66.8 Å². The minimum absolute atomic E-state index is 0.562. The Labute approximate surface area is 401 Å². The van der Waals surface area contributed by atoms with Crippen molar-refractivity contribution in [2.24, 2.45) is 29.1 Å². The number of aromatic nitrogens is 4. The third-order valence-corrected chi connectivity index (χ3v) is 20.3. The van der Waals surface area contributed by atoms with E-state index in [0.717, 1.165) is 23.7 Å². The van der Waals surface area contributed by atoms with E-state index in [9.17, 15) is 0 Å². The third kappa shape index (κ3) is 4.64. The number of hydrogen-bond donors (Lipinski definition) is 0. The third-order valence-electron chi connectivity index (χ3n) is 20.3. The lowest BCUT2D eigenvalue weighted by Gasteiger charge is -2.48. The number of hydrogen-bond acceptors (Lipinski definition) is 2. The van der Waals surface area contributed by atoms with Crippen molar-refractivity contribution < 1.29 is 0 Å². The molecule has 69 heavy (non-hydrogen) atoms. The molecule has 332 valence electrons. The minimum atomic E-state index is 0.562. The molecule has 7 bridgehead atoms. The highest BCUT2D eigenvalue weighted by Crippen LogP contribution is 2.76. The van der Waals surface area contributed by atoms with E-state index < -0.39 is 0 Å². The summed E-state index contributed by atoms with van der Waals surface area (Å²) in [6, 6.07) is 50.7. The quantitative estimate of drug-likeness (QED) is 0.176. The van der Waals surface area contributed by atoms with Crippen LogP contribution < -0.4 is 0 Å². The van der Waals surface area contributed by atoms with E-state index >= 15 is 0 Å². The first-order chi connectivity index (χ1) is 34.1. The van der Waals surface area contributed by atoms with Crippen LogP contribution in [0.5, 0.6) is 0 Å². The Morgan fingerprint density at radius 1 is 0.435 bits per heavy atom. The fourth-order valence-corrected chi connectivity index (χ4v) is 18.1. The molecule has 0 N–H and O–H groups in total. The molecule has 5 aromatic heterocycles. The second-order valence-electron chi connectivity index (χ2n) is 23.3.